The molecule has 0 aliphatic rings. The van der Waals surface area contributed by atoms with Crippen molar-refractivity contribution < 1.29 is 14.1 Å². The van der Waals surface area contributed by atoms with Gasteiger partial charge >= 0.3 is 5.97 Å². The van der Waals surface area contributed by atoms with Gasteiger partial charge in [0.15, 0.2) is 0 Å². The van der Waals surface area contributed by atoms with E-state index in [0.29, 0.717) is 6.42 Å². The zero-order valence-electron chi connectivity index (χ0n) is 11.0. The lowest BCUT2D eigenvalue weighted by Gasteiger charge is -2.20. The lowest BCUT2D eigenvalue weighted by Crippen LogP contribution is -2.38. The van der Waals surface area contributed by atoms with Gasteiger partial charge < -0.3 is 9.26 Å². The predicted molar refractivity (Wildman–Crippen MR) is 63.6 cm³/mol. The Hall–Kier alpha value is -1.36. The number of ether oxygens (including phenoxy) is 1. The van der Waals surface area contributed by atoms with Gasteiger partial charge in [-0.1, -0.05) is 12.1 Å². The number of methoxy groups -OCH3 is 1. The third-order valence-electron chi connectivity index (χ3n) is 2.87. The van der Waals surface area contributed by atoms with Crippen molar-refractivity contribution in [2.75, 3.05) is 7.11 Å². The van der Waals surface area contributed by atoms with Crippen molar-refractivity contribution >= 4 is 5.97 Å². The van der Waals surface area contributed by atoms with Crippen LogP contribution in [-0.4, -0.2) is 24.3 Å². The van der Waals surface area contributed by atoms with Crippen LogP contribution in [-0.2, 0) is 9.53 Å². The molecule has 0 radical (unpaired) electrons. The van der Waals surface area contributed by atoms with Gasteiger partial charge in [-0.2, -0.15) is 0 Å². The van der Waals surface area contributed by atoms with Gasteiger partial charge in [-0.15, -0.1) is 0 Å². The summed E-state index contributed by atoms with van der Waals surface area (Å²) in [7, 11) is 1.40. The summed E-state index contributed by atoms with van der Waals surface area (Å²) < 4.78 is 9.85. The molecule has 5 heteroatoms. The van der Waals surface area contributed by atoms with Crippen molar-refractivity contribution in [1.29, 1.82) is 0 Å². The third-order valence-corrected chi connectivity index (χ3v) is 2.87. The number of nitrogens with zero attached hydrogens (tertiary/aromatic N) is 1. The fourth-order valence-corrected chi connectivity index (χ4v) is 1.99. The highest BCUT2D eigenvalue weighted by atomic mass is 16.5. The van der Waals surface area contributed by atoms with E-state index in [-0.39, 0.29) is 18.1 Å². The summed E-state index contributed by atoms with van der Waals surface area (Å²) in [5.74, 6) is 0.535. The molecule has 17 heavy (non-hydrogen) atoms. The van der Waals surface area contributed by atoms with Crippen LogP contribution in [0.4, 0.5) is 0 Å². The van der Waals surface area contributed by atoms with E-state index in [2.05, 4.69) is 10.5 Å². The van der Waals surface area contributed by atoms with Crippen molar-refractivity contribution in [2.24, 2.45) is 0 Å². The molecule has 0 aliphatic heterocycles. The Kier molecular flexibility index (Phi) is 4.69. The van der Waals surface area contributed by atoms with Gasteiger partial charge in [-0.05, 0) is 27.2 Å². The lowest BCUT2D eigenvalue weighted by molar-refractivity contribution is -0.143. The van der Waals surface area contributed by atoms with Crippen LogP contribution in [0.2, 0.25) is 0 Å². The molecule has 1 aromatic rings. The van der Waals surface area contributed by atoms with Crippen molar-refractivity contribution in [2.45, 2.75) is 46.2 Å². The SMILES string of the molecule is CCC(NC(C)c1c(C)noc1C)C(=O)OC. The predicted octanol–water partition coefficient (Wildman–Crippen LogP) is 1.89. The van der Waals surface area contributed by atoms with Gasteiger partial charge in [0.1, 0.15) is 11.8 Å². The fraction of sp³-hybridized carbons (Fsp3) is 0.667. The van der Waals surface area contributed by atoms with Gasteiger partial charge in [0.05, 0.1) is 12.8 Å². The van der Waals surface area contributed by atoms with Crippen LogP contribution < -0.4 is 5.32 Å². The highest BCUT2D eigenvalue weighted by molar-refractivity contribution is 5.75. The molecular formula is C12H20N2O3. The molecule has 5 nitrogen and oxygen atoms in total. The Morgan fingerprint density at radius 2 is 2.18 bits per heavy atom. The number of aromatic nitrogens is 1. The summed E-state index contributed by atoms with van der Waals surface area (Å²) >= 11 is 0. The maximum absolute atomic E-state index is 11.5. The Labute approximate surface area is 102 Å². The molecule has 0 bridgehead atoms. The number of esters is 1. The highest BCUT2D eigenvalue weighted by Crippen LogP contribution is 2.21. The van der Waals surface area contributed by atoms with Gasteiger partial charge in [0.25, 0.3) is 0 Å². The van der Waals surface area contributed by atoms with E-state index < -0.39 is 0 Å². The monoisotopic (exact) mass is 240 g/mol. The first-order valence-corrected chi connectivity index (χ1v) is 5.77. The van der Waals surface area contributed by atoms with Crippen LogP contribution in [0, 0.1) is 13.8 Å². The van der Waals surface area contributed by atoms with Crippen molar-refractivity contribution in [3.8, 4) is 0 Å². The quantitative estimate of drug-likeness (QED) is 0.796. The van der Waals surface area contributed by atoms with E-state index in [1.54, 1.807) is 0 Å². The molecule has 0 spiro atoms. The Morgan fingerprint density at radius 3 is 2.59 bits per heavy atom. The molecule has 1 aromatic heterocycles. The van der Waals surface area contributed by atoms with Crippen LogP contribution in [0.15, 0.2) is 4.52 Å². The molecule has 1 heterocycles. The number of hydrogen-bond acceptors (Lipinski definition) is 5. The van der Waals surface area contributed by atoms with Crippen LogP contribution in [0.25, 0.3) is 0 Å². The summed E-state index contributed by atoms with van der Waals surface area (Å²) in [4.78, 5) is 11.5. The van der Waals surface area contributed by atoms with E-state index in [9.17, 15) is 4.79 Å². The molecule has 0 saturated heterocycles. The minimum atomic E-state index is -0.302. The van der Waals surface area contributed by atoms with Crippen molar-refractivity contribution in [1.82, 2.24) is 10.5 Å². The molecule has 0 amide bonds. The average molecular weight is 240 g/mol. The van der Waals surface area contributed by atoms with Crippen molar-refractivity contribution in [3.05, 3.63) is 17.0 Å². The molecule has 0 aromatic carbocycles. The molecular weight excluding hydrogens is 220 g/mol. The minimum absolute atomic E-state index is 0.00491. The Morgan fingerprint density at radius 1 is 1.53 bits per heavy atom. The van der Waals surface area contributed by atoms with Crippen LogP contribution in [0.5, 0.6) is 0 Å². The van der Waals surface area contributed by atoms with E-state index in [1.165, 1.54) is 7.11 Å². The summed E-state index contributed by atoms with van der Waals surface area (Å²) in [5.41, 5.74) is 1.86. The van der Waals surface area contributed by atoms with E-state index >= 15 is 0 Å². The summed E-state index contributed by atoms with van der Waals surface area (Å²) in [6, 6.07) is -0.297. The Balaban J connectivity index is 2.77. The number of nitrogens with one attached hydrogen (secondary N) is 1. The van der Waals surface area contributed by atoms with Crippen LogP contribution >= 0.6 is 0 Å². The van der Waals surface area contributed by atoms with E-state index in [4.69, 9.17) is 9.26 Å². The maximum Gasteiger partial charge on any atom is 0.322 e. The highest BCUT2D eigenvalue weighted by Gasteiger charge is 2.23. The number of hydrogen-bond donors (Lipinski definition) is 1. The molecule has 2 atom stereocenters. The molecule has 2 unspecified atom stereocenters. The second-order valence-corrected chi connectivity index (χ2v) is 4.11. The lowest BCUT2D eigenvalue weighted by atomic mass is 10.1. The molecule has 96 valence electrons. The smallest absolute Gasteiger partial charge is 0.322 e. The first-order chi connectivity index (χ1) is 8.01. The first kappa shape index (κ1) is 13.7. The second-order valence-electron chi connectivity index (χ2n) is 4.11. The van der Waals surface area contributed by atoms with Gasteiger partial charge in [-0.25, -0.2) is 0 Å². The normalized spacial score (nSPS) is 14.4. The third kappa shape index (κ3) is 3.06. The zero-order chi connectivity index (χ0) is 13.0. The van der Waals surface area contributed by atoms with Crippen molar-refractivity contribution in [3.63, 3.8) is 0 Å². The number of aryl methyl sites for hydroxylation is 2. The molecule has 0 saturated carbocycles. The van der Waals surface area contributed by atoms with E-state index in [0.717, 1.165) is 17.0 Å². The second kappa shape index (κ2) is 5.82. The number of rotatable bonds is 5. The average Bonchev–Trinajstić information content (AvgIpc) is 2.64. The summed E-state index contributed by atoms with van der Waals surface area (Å²) in [6.07, 6.45) is 0.681. The largest absolute Gasteiger partial charge is 0.468 e. The molecule has 0 fully saturated rings. The van der Waals surface area contributed by atoms with Crippen LogP contribution in [0.1, 0.15) is 43.3 Å². The molecule has 1 rings (SSSR count). The van der Waals surface area contributed by atoms with E-state index in [1.807, 2.05) is 27.7 Å². The molecule has 0 aliphatic carbocycles. The minimum Gasteiger partial charge on any atom is -0.468 e. The fourth-order valence-electron chi connectivity index (χ4n) is 1.99. The van der Waals surface area contributed by atoms with Gasteiger partial charge in [0.2, 0.25) is 0 Å². The zero-order valence-corrected chi connectivity index (χ0v) is 11.0. The van der Waals surface area contributed by atoms with Gasteiger partial charge in [0, 0.05) is 11.6 Å². The summed E-state index contributed by atoms with van der Waals surface area (Å²) in [6.45, 7) is 7.68. The Bertz CT molecular complexity index is 368. The van der Waals surface area contributed by atoms with Crippen LogP contribution in [0.3, 0.4) is 0 Å². The first-order valence-electron chi connectivity index (χ1n) is 5.77. The standard InChI is InChI=1S/C12H20N2O3/c1-6-10(12(15)16-5)13-7(2)11-8(3)14-17-9(11)4/h7,10,13H,6H2,1-5H3. The molecule has 1 N–H and O–H groups in total. The summed E-state index contributed by atoms with van der Waals surface area (Å²) in [5, 5.41) is 7.13. The van der Waals surface area contributed by atoms with Gasteiger partial charge in [-0.3, -0.25) is 10.1 Å². The number of carbonyl (C=O) groups is 1. The topological polar surface area (TPSA) is 64.4 Å². The number of carbonyl (C=O) groups excluding carboxylic acids is 1. The maximum atomic E-state index is 11.5.